The Hall–Kier alpha value is -2.77. The van der Waals surface area contributed by atoms with Crippen LogP contribution in [0.15, 0.2) is 54.6 Å². The minimum Gasteiger partial charge on any atom is -0.320 e. The number of hydrogen-bond donors (Lipinski definition) is 1. The first-order valence-corrected chi connectivity index (χ1v) is 10.5. The zero-order chi connectivity index (χ0) is 21.3. The van der Waals surface area contributed by atoms with Crippen molar-refractivity contribution in [3.63, 3.8) is 0 Å². The maximum Gasteiger partial charge on any atom is 0.292 e. The van der Waals surface area contributed by atoms with Gasteiger partial charge < -0.3 is 15.1 Å². The first-order chi connectivity index (χ1) is 14.5. The highest BCUT2D eigenvalue weighted by Crippen LogP contribution is 2.23. The van der Waals surface area contributed by atoms with E-state index in [1.165, 1.54) is 11.6 Å². The standard InChI is InChI=1S/C23H30N4O3/c1-25(17-19-7-3-2-4-8-19)18-20-11-14-26(15-12-20)16-13-23(28)24-21-9-5-6-10-22(21)27(29)30/h2-10,20H,11-18H2,1H3,(H,24,28). The van der Waals surface area contributed by atoms with E-state index in [4.69, 9.17) is 0 Å². The second-order valence-electron chi connectivity index (χ2n) is 8.04. The van der Waals surface area contributed by atoms with Crippen LogP contribution in [0.1, 0.15) is 24.8 Å². The van der Waals surface area contributed by atoms with Gasteiger partial charge in [0.15, 0.2) is 0 Å². The summed E-state index contributed by atoms with van der Waals surface area (Å²) >= 11 is 0. The number of nitro benzene ring substituents is 1. The summed E-state index contributed by atoms with van der Waals surface area (Å²) in [6.45, 7) is 4.71. The molecule has 30 heavy (non-hydrogen) atoms. The number of amides is 1. The van der Waals surface area contributed by atoms with E-state index in [9.17, 15) is 14.9 Å². The monoisotopic (exact) mass is 410 g/mol. The predicted octanol–water partition coefficient (Wildman–Crippen LogP) is 3.77. The quantitative estimate of drug-likeness (QED) is 0.503. The first kappa shape index (κ1) is 21.9. The van der Waals surface area contributed by atoms with Gasteiger partial charge in [-0.2, -0.15) is 0 Å². The lowest BCUT2D eigenvalue weighted by Crippen LogP contribution is -2.39. The molecular weight excluding hydrogens is 380 g/mol. The molecule has 0 bridgehead atoms. The van der Waals surface area contributed by atoms with Crippen LogP contribution in [-0.2, 0) is 11.3 Å². The van der Waals surface area contributed by atoms with Crippen LogP contribution in [0.4, 0.5) is 11.4 Å². The third kappa shape index (κ3) is 6.64. The number of nitrogens with one attached hydrogen (secondary N) is 1. The summed E-state index contributed by atoms with van der Waals surface area (Å²) in [7, 11) is 2.17. The van der Waals surface area contributed by atoms with E-state index in [0.29, 0.717) is 18.9 Å². The first-order valence-electron chi connectivity index (χ1n) is 10.5. The molecule has 1 aliphatic heterocycles. The van der Waals surface area contributed by atoms with Crippen LogP contribution in [0.25, 0.3) is 0 Å². The molecule has 0 saturated carbocycles. The van der Waals surface area contributed by atoms with Gasteiger partial charge in [0.1, 0.15) is 5.69 Å². The third-order valence-corrected chi connectivity index (χ3v) is 5.60. The van der Waals surface area contributed by atoms with Crippen molar-refractivity contribution in [2.24, 2.45) is 5.92 Å². The van der Waals surface area contributed by atoms with E-state index in [0.717, 1.165) is 39.0 Å². The van der Waals surface area contributed by atoms with Gasteiger partial charge in [0.05, 0.1) is 4.92 Å². The Kier molecular flexibility index (Phi) is 7.93. The molecule has 0 radical (unpaired) electrons. The van der Waals surface area contributed by atoms with Gasteiger partial charge in [0, 0.05) is 32.1 Å². The van der Waals surface area contributed by atoms with Crippen LogP contribution in [0, 0.1) is 16.0 Å². The van der Waals surface area contributed by atoms with E-state index in [2.05, 4.69) is 46.4 Å². The van der Waals surface area contributed by atoms with Crippen molar-refractivity contribution in [1.82, 2.24) is 9.80 Å². The van der Waals surface area contributed by atoms with Gasteiger partial charge in [-0.25, -0.2) is 0 Å². The van der Waals surface area contributed by atoms with Crippen LogP contribution >= 0.6 is 0 Å². The average molecular weight is 411 g/mol. The summed E-state index contributed by atoms with van der Waals surface area (Å²) in [6, 6.07) is 16.8. The summed E-state index contributed by atoms with van der Waals surface area (Å²) in [5.41, 5.74) is 1.51. The highest BCUT2D eigenvalue weighted by atomic mass is 16.6. The van der Waals surface area contributed by atoms with Crippen LogP contribution in [-0.4, -0.2) is 53.9 Å². The van der Waals surface area contributed by atoms with Crippen molar-refractivity contribution in [2.45, 2.75) is 25.8 Å². The average Bonchev–Trinajstić information content (AvgIpc) is 2.74. The summed E-state index contributed by atoms with van der Waals surface area (Å²) < 4.78 is 0. The molecule has 1 aliphatic rings. The molecule has 2 aromatic rings. The molecule has 160 valence electrons. The van der Waals surface area contributed by atoms with Gasteiger partial charge in [0.2, 0.25) is 5.91 Å². The SMILES string of the molecule is CN(Cc1ccccc1)CC1CCN(CCC(=O)Nc2ccccc2[N+](=O)[O-])CC1. The van der Waals surface area contributed by atoms with Gasteiger partial charge in [0.25, 0.3) is 5.69 Å². The number of para-hydroxylation sites is 2. The van der Waals surface area contributed by atoms with Gasteiger partial charge in [-0.3, -0.25) is 14.9 Å². The molecule has 0 spiro atoms. The molecule has 2 aromatic carbocycles. The fourth-order valence-electron chi connectivity index (χ4n) is 4.00. The van der Waals surface area contributed by atoms with Gasteiger partial charge >= 0.3 is 0 Å². The van der Waals surface area contributed by atoms with Gasteiger partial charge in [-0.15, -0.1) is 0 Å². The van der Waals surface area contributed by atoms with Crippen molar-refractivity contribution in [3.8, 4) is 0 Å². The molecule has 1 saturated heterocycles. The number of benzene rings is 2. The molecule has 3 rings (SSSR count). The summed E-state index contributed by atoms with van der Waals surface area (Å²) in [4.78, 5) is 27.5. The normalized spacial score (nSPS) is 15.3. The van der Waals surface area contributed by atoms with Crippen molar-refractivity contribution in [1.29, 1.82) is 0 Å². The van der Waals surface area contributed by atoms with Crippen LogP contribution in [0.5, 0.6) is 0 Å². The fraction of sp³-hybridized carbons (Fsp3) is 0.435. The van der Waals surface area contributed by atoms with E-state index >= 15 is 0 Å². The largest absolute Gasteiger partial charge is 0.320 e. The molecule has 0 unspecified atom stereocenters. The molecular formula is C23H30N4O3. The van der Waals surface area contributed by atoms with Crippen molar-refractivity contribution >= 4 is 17.3 Å². The molecule has 1 amide bonds. The lowest BCUT2D eigenvalue weighted by atomic mass is 9.96. The second-order valence-corrected chi connectivity index (χ2v) is 8.04. The minimum atomic E-state index is -0.477. The number of nitro groups is 1. The molecule has 0 aliphatic carbocycles. The molecule has 1 N–H and O–H groups in total. The highest BCUT2D eigenvalue weighted by Gasteiger charge is 2.21. The molecule has 0 atom stereocenters. The lowest BCUT2D eigenvalue weighted by Gasteiger charge is -2.33. The van der Waals surface area contributed by atoms with E-state index < -0.39 is 4.92 Å². The number of nitrogens with zero attached hydrogens (tertiary/aromatic N) is 3. The number of carbonyl (C=O) groups excluding carboxylic acids is 1. The van der Waals surface area contributed by atoms with E-state index in [1.807, 2.05) is 6.07 Å². The maximum absolute atomic E-state index is 12.2. The molecule has 0 aromatic heterocycles. The van der Waals surface area contributed by atoms with E-state index in [1.54, 1.807) is 18.2 Å². The zero-order valence-electron chi connectivity index (χ0n) is 17.5. The van der Waals surface area contributed by atoms with Gasteiger partial charge in [-0.1, -0.05) is 42.5 Å². The van der Waals surface area contributed by atoms with Crippen LogP contribution in [0.2, 0.25) is 0 Å². The van der Waals surface area contributed by atoms with Crippen molar-refractivity contribution < 1.29 is 9.72 Å². The molecule has 1 fully saturated rings. The summed E-state index contributed by atoms with van der Waals surface area (Å²) in [6.07, 6.45) is 2.60. The molecule has 1 heterocycles. The number of hydrogen-bond acceptors (Lipinski definition) is 5. The Morgan fingerprint density at radius 2 is 1.80 bits per heavy atom. The number of rotatable bonds is 9. The van der Waals surface area contributed by atoms with E-state index in [-0.39, 0.29) is 17.3 Å². The van der Waals surface area contributed by atoms with Crippen LogP contribution < -0.4 is 5.32 Å². The zero-order valence-corrected chi connectivity index (χ0v) is 17.5. The van der Waals surface area contributed by atoms with Crippen molar-refractivity contribution in [2.75, 3.05) is 38.5 Å². The number of likely N-dealkylation sites (tertiary alicyclic amines) is 1. The number of carbonyl (C=O) groups is 1. The fourth-order valence-corrected chi connectivity index (χ4v) is 4.00. The van der Waals surface area contributed by atoms with Crippen LogP contribution in [0.3, 0.4) is 0 Å². The third-order valence-electron chi connectivity index (χ3n) is 5.60. The Balaban J connectivity index is 1.37. The Labute approximate surface area is 177 Å². The number of piperidine rings is 1. The second kappa shape index (κ2) is 10.8. The number of anilines is 1. The highest BCUT2D eigenvalue weighted by molar-refractivity contribution is 5.93. The summed E-state index contributed by atoms with van der Waals surface area (Å²) in [5, 5.41) is 13.7. The Morgan fingerprint density at radius 3 is 2.50 bits per heavy atom. The predicted molar refractivity (Wildman–Crippen MR) is 118 cm³/mol. The maximum atomic E-state index is 12.2. The Bertz CT molecular complexity index is 835. The lowest BCUT2D eigenvalue weighted by molar-refractivity contribution is -0.383. The molecule has 7 nitrogen and oxygen atoms in total. The molecule has 7 heteroatoms. The minimum absolute atomic E-state index is 0.0775. The smallest absolute Gasteiger partial charge is 0.292 e. The van der Waals surface area contributed by atoms with Gasteiger partial charge in [-0.05, 0) is 50.5 Å². The van der Waals surface area contributed by atoms with Crippen molar-refractivity contribution in [3.05, 3.63) is 70.3 Å². The summed E-state index contributed by atoms with van der Waals surface area (Å²) in [5.74, 6) is 0.491. The Morgan fingerprint density at radius 1 is 1.13 bits per heavy atom. The topological polar surface area (TPSA) is 78.7 Å².